The van der Waals surface area contributed by atoms with Gasteiger partial charge in [0.25, 0.3) is 0 Å². The van der Waals surface area contributed by atoms with Crippen molar-refractivity contribution >= 4 is 41.5 Å². The van der Waals surface area contributed by atoms with E-state index in [1.54, 1.807) is 33.5 Å². The Labute approximate surface area is 721 Å². The molecular formula is C103H142N4O14. The normalized spacial score (nSPS) is 41.9. The van der Waals surface area contributed by atoms with E-state index in [-0.39, 0.29) is 123 Å². The highest BCUT2D eigenvalue weighted by molar-refractivity contribution is 5.91. The van der Waals surface area contributed by atoms with Gasteiger partial charge in [-0.15, -0.1) is 0 Å². The van der Waals surface area contributed by atoms with E-state index < -0.39 is 5.97 Å². The number of aliphatic hydroxyl groups excluding tert-OH is 1. The maximum atomic E-state index is 13.0. The number of fused-ring (bicyclic) bond motifs is 20. The van der Waals surface area contributed by atoms with Gasteiger partial charge in [-0.3, -0.25) is 33.6 Å². The molecule has 8 unspecified atom stereocenters. The fraction of sp³-hybridized carbons (Fsp3) is 0.680. The van der Waals surface area contributed by atoms with Crippen molar-refractivity contribution in [2.75, 3.05) is 42.2 Å². The second kappa shape index (κ2) is 34.0. The lowest BCUT2D eigenvalue weighted by Gasteiger charge is -2.60. The first-order valence-electron chi connectivity index (χ1n) is 46.3. The molecule has 0 bridgehead atoms. The number of benzene rings is 3. The Bertz CT molecular complexity index is 4460. The van der Waals surface area contributed by atoms with Crippen molar-refractivity contribution in [3.63, 3.8) is 0 Å². The maximum absolute atomic E-state index is 13.0. The quantitative estimate of drug-likeness (QED) is 0.135. The number of nitrogens with zero attached hydrogens (tertiary/aromatic N) is 3. The second-order valence-electron chi connectivity index (χ2n) is 42.1. The molecule has 18 heteroatoms. The summed E-state index contributed by atoms with van der Waals surface area (Å²) in [6.07, 6.45) is 42.3. The first-order chi connectivity index (χ1) is 57.4. The summed E-state index contributed by atoms with van der Waals surface area (Å²) < 4.78 is 26.2. The Balaban J connectivity index is 0.000000126. The van der Waals surface area contributed by atoms with Crippen LogP contribution in [-0.4, -0.2) is 133 Å². The third kappa shape index (κ3) is 14.9. The van der Waals surface area contributed by atoms with Crippen LogP contribution >= 0.6 is 0 Å². The molecule has 16 aliphatic rings. The van der Waals surface area contributed by atoms with Crippen LogP contribution in [0.5, 0.6) is 17.2 Å². The van der Waals surface area contributed by atoms with Gasteiger partial charge in [0.2, 0.25) is 23.6 Å². The molecule has 18 nitrogen and oxygen atoms in total. The van der Waals surface area contributed by atoms with Gasteiger partial charge >= 0.3 is 17.9 Å². The third-order valence-electron chi connectivity index (χ3n) is 37.8. The lowest BCUT2D eigenvalue weighted by atomic mass is 9.47. The lowest BCUT2D eigenvalue weighted by Crippen LogP contribution is -2.60. The molecule has 4 heterocycles. The second-order valence-corrected chi connectivity index (χ2v) is 42.1. The number of methoxy groups -OCH3 is 5. The number of amides is 4. The topological polar surface area (TPSA) is 228 Å². The van der Waals surface area contributed by atoms with E-state index in [9.17, 15) is 43.8 Å². The summed E-state index contributed by atoms with van der Waals surface area (Å²) in [4.78, 5) is 93.8. The number of aliphatic carboxylic acids is 1. The van der Waals surface area contributed by atoms with Gasteiger partial charge in [0.05, 0.1) is 53.3 Å². The van der Waals surface area contributed by atoms with Gasteiger partial charge in [-0.05, 0) is 330 Å². The molecule has 0 radical (unpaired) electrons. The van der Waals surface area contributed by atoms with Gasteiger partial charge in [-0.25, -0.2) is 0 Å². The van der Waals surface area contributed by atoms with Crippen LogP contribution in [0.25, 0.3) is 0 Å². The van der Waals surface area contributed by atoms with E-state index in [0.717, 1.165) is 161 Å². The van der Waals surface area contributed by atoms with Crippen molar-refractivity contribution in [1.29, 1.82) is 0 Å². The zero-order valence-corrected chi connectivity index (χ0v) is 74.0. The van der Waals surface area contributed by atoms with Crippen LogP contribution in [0.2, 0.25) is 0 Å². The number of aliphatic hydroxyl groups is 1. The van der Waals surface area contributed by atoms with E-state index >= 15 is 0 Å². The minimum absolute atomic E-state index is 0. The van der Waals surface area contributed by atoms with E-state index in [4.69, 9.17) is 23.7 Å². The molecule has 0 spiro atoms. The first-order valence-corrected chi connectivity index (χ1v) is 46.3. The average Bonchev–Trinajstić information content (AvgIpc) is 1.66. The van der Waals surface area contributed by atoms with E-state index in [0.29, 0.717) is 96.8 Å². The highest BCUT2D eigenvalue weighted by Gasteiger charge is 2.67. The Hall–Kier alpha value is -7.73. The van der Waals surface area contributed by atoms with E-state index in [1.165, 1.54) is 52.7 Å². The minimum atomic E-state index is -0.609. The summed E-state index contributed by atoms with van der Waals surface area (Å²) in [5.74, 6) is 9.93. The Kier molecular flexibility index (Phi) is 24.7. The zero-order valence-electron chi connectivity index (χ0n) is 74.0. The predicted molar refractivity (Wildman–Crippen MR) is 467 cm³/mol. The van der Waals surface area contributed by atoms with E-state index in [2.05, 4.69) is 124 Å². The number of carbonyl (C=O) groups excluding carboxylic acids is 6. The number of rotatable bonds is 13. The molecule has 3 N–H and O–H groups in total. The van der Waals surface area contributed by atoms with Crippen molar-refractivity contribution in [3.8, 4) is 17.2 Å². The highest BCUT2D eigenvalue weighted by Crippen LogP contribution is 2.71. The average molecular weight is 1660 g/mol. The third-order valence-corrected chi connectivity index (χ3v) is 37.8. The number of ether oxygens (including phenoxy) is 5. The molecular weight excluding hydrogens is 1520 g/mol. The molecule has 3 aromatic rings. The molecule has 121 heavy (non-hydrogen) atoms. The SMILES string of the molecule is C.COC(=O)[C@H]1CC[C@H]2C3CC[C@H]4N(Cc5ccc(OC)cc5)C(=O)C=C[C@]4(C)C3CC[C@]12C.COC(=O)[C@H]1CC[C@H]2C3CC[C@H]4NC(=O)C=C[C@]4(C)C3CC[C@]12C.COc1ccc(CN2C(=O)C=C[C@]3(C)C4CC[C@]5(C)[C@@H](C(=O)O)CC[C@H]5C4CC[C@@H]23)cc1.COc1ccc(CN2C(=O)C=C[C@]3(C)C4CC[C@]5(C)[C@@H](CO)CC[C@H]5C4CC[C@@H]23)cc1. The molecule has 0 saturated heterocycles. The number of hydrogen-bond donors (Lipinski definition) is 3. The fourth-order valence-electron chi connectivity index (χ4n) is 31.3. The van der Waals surface area contributed by atoms with Gasteiger partial charge in [0.1, 0.15) is 17.2 Å². The summed E-state index contributed by atoms with van der Waals surface area (Å²) in [6, 6.07) is 25.1. The number of carboxylic acid groups (broad SMARTS) is 1. The molecule has 28 atom stereocenters. The van der Waals surface area contributed by atoms with Gasteiger partial charge in [0, 0.05) is 72.1 Å². The molecule has 4 aliphatic heterocycles. The molecule has 3 aromatic carbocycles. The smallest absolute Gasteiger partial charge is 0.309 e. The van der Waals surface area contributed by atoms with Gasteiger partial charge in [-0.1, -0.05) is 124 Å². The van der Waals surface area contributed by atoms with Crippen LogP contribution in [-0.2, 0) is 62.7 Å². The molecule has 12 aliphatic carbocycles. The predicted octanol–water partition coefficient (Wildman–Crippen LogP) is 18.4. The van der Waals surface area contributed by atoms with E-state index in [1.807, 2.05) is 60.7 Å². The van der Waals surface area contributed by atoms with Crippen LogP contribution in [0, 0.1) is 138 Å². The Morgan fingerprint density at radius 3 is 1.02 bits per heavy atom. The highest BCUT2D eigenvalue weighted by atomic mass is 16.5. The number of carbonyl (C=O) groups is 7. The Morgan fingerprint density at radius 2 is 0.678 bits per heavy atom. The van der Waals surface area contributed by atoms with Gasteiger partial charge < -0.3 is 53.9 Å². The van der Waals surface area contributed by atoms with Crippen molar-refractivity contribution in [2.45, 2.75) is 261 Å². The van der Waals surface area contributed by atoms with Crippen molar-refractivity contribution in [2.24, 2.45) is 138 Å². The number of esters is 2. The molecule has 12 fully saturated rings. The van der Waals surface area contributed by atoms with Crippen LogP contribution in [0.15, 0.2) is 121 Å². The standard InChI is InChI=1S/C28H37NO4.C27H35NO4.C27H37NO3.C20H29NO3.CH4/c1-27-15-13-22-20(21(27)10-11-23(27)26(31)33-4)9-12-24-28(22,2)16-14-25(30)29(24)17-18-5-7-19(32-3)8-6-18;1-26-14-12-21-19(20(26)9-10-22(26)25(30)31)8-11-23-27(21,2)15-13-24(29)28(23)16-17-4-6-18(32-3)7-5-17;1-26-14-12-23-21(22(26)10-6-19(26)17-29)9-11-24-27(23,2)15-13-25(30)28(24)16-18-4-7-20(31-3)8-5-18;1-19-10-8-14-12(13(19)5-6-15(19)18(23)24-3)4-7-16-20(14,2)11-9-17(22)21-16;/h5-8,14,16,20-24H,9-13,15,17H2,1-4H3;4-7,13,15,19-23H,8-12,14,16H2,1-3H3,(H,30,31);4-5,7-8,13,15,19,21-24,29H,6,9-12,14,16-17H2,1-3H3;9,11-16H,4-8,10H2,1-3H3,(H,21,22);1H4/t20?,21-,22?,23+,24+,27-,28+;19?,20-,21?,22+,23+,26-,27+;19-,21?,22+,23?,24-,26-,27-;12?,13-,14?,15+,16+,19-,20+;/m0010./s1. The Morgan fingerprint density at radius 1 is 0.372 bits per heavy atom. The number of carboxylic acids is 1. The molecule has 0 aromatic heterocycles. The maximum Gasteiger partial charge on any atom is 0.309 e. The summed E-state index contributed by atoms with van der Waals surface area (Å²) in [6.45, 7) is 21.1. The fourth-order valence-corrected chi connectivity index (χ4v) is 31.3. The largest absolute Gasteiger partial charge is 0.497 e. The first kappa shape index (κ1) is 88.1. The number of nitrogens with one attached hydrogen (secondary N) is 1. The van der Waals surface area contributed by atoms with Crippen molar-refractivity contribution < 1.29 is 67.5 Å². The van der Waals surface area contributed by atoms with Crippen molar-refractivity contribution in [1.82, 2.24) is 20.0 Å². The van der Waals surface area contributed by atoms with Crippen LogP contribution < -0.4 is 19.5 Å². The van der Waals surface area contributed by atoms with Crippen LogP contribution in [0.3, 0.4) is 0 Å². The van der Waals surface area contributed by atoms with Gasteiger partial charge in [-0.2, -0.15) is 0 Å². The summed E-state index contributed by atoms with van der Waals surface area (Å²) in [5.41, 5.74) is 3.83. The number of hydrogen-bond acceptors (Lipinski definition) is 13. The molecule has 19 rings (SSSR count). The van der Waals surface area contributed by atoms with Crippen LogP contribution in [0.4, 0.5) is 0 Å². The molecule has 12 saturated carbocycles. The summed E-state index contributed by atoms with van der Waals surface area (Å²) in [5, 5.41) is 23.0. The molecule has 4 amide bonds. The zero-order chi connectivity index (χ0) is 85.0. The molecule has 658 valence electrons. The summed E-state index contributed by atoms with van der Waals surface area (Å²) >= 11 is 0. The summed E-state index contributed by atoms with van der Waals surface area (Å²) in [7, 11) is 8.06. The monoisotopic (exact) mass is 1660 g/mol. The lowest BCUT2D eigenvalue weighted by molar-refractivity contribution is -0.156. The van der Waals surface area contributed by atoms with Gasteiger partial charge in [0.15, 0.2) is 0 Å². The van der Waals surface area contributed by atoms with Crippen molar-refractivity contribution in [3.05, 3.63) is 138 Å². The minimum Gasteiger partial charge on any atom is -0.497 e. The van der Waals surface area contributed by atoms with Crippen LogP contribution in [0.1, 0.15) is 234 Å².